The standard InChI is InChI=1S/C22H13F3N2O/c23-22(24,25)18-8-4-7-16-19(14-9-11-26-12-10-14)17(13-27-20(16)18)21(28)15-5-2-1-3-6-15/h1-13H. The SMILES string of the molecule is O=C(c1ccccc1)c1cnc2c(C(F)(F)F)cccc2c1-c1ccncc1. The van der Waals surface area contributed by atoms with Crippen molar-refractivity contribution in [3.8, 4) is 11.1 Å². The topological polar surface area (TPSA) is 42.9 Å². The van der Waals surface area contributed by atoms with Crippen molar-refractivity contribution >= 4 is 16.7 Å². The van der Waals surface area contributed by atoms with Crippen LogP contribution in [0.1, 0.15) is 21.5 Å². The van der Waals surface area contributed by atoms with Gasteiger partial charge in [-0.25, -0.2) is 0 Å². The molecule has 3 nitrogen and oxygen atoms in total. The van der Waals surface area contributed by atoms with Crippen molar-refractivity contribution in [1.82, 2.24) is 9.97 Å². The van der Waals surface area contributed by atoms with Gasteiger partial charge in [0.05, 0.1) is 11.1 Å². The molecule has 0 saturated heterocycles. The minimum Gasteiger partial charge on any atom is -0.289 e. The molecule has 2 heterocycles. The molecule has 0 radical (unpaired) electrons. The molecule has 0 amide bonds. The van der Waals surface area contributed by atoms with Crippen LogP contribution in [0.2, 0.25) is 0 Å². The molecule has 4 aromatic rings. The summed E-state index contributed by atoms with van der Waals surface area (Å²) in [5, 5.41) is 0.266. The van der Waals surface area contributed by atoms with Gasteiger partial charge in [0.25, 0.3) is 0 Å². The lowest BCUT2D eigenvalue weighted by Crippen LogP contribution is -2.09. The molecule has 0 aliphatic rings. The molecule has 4 rings (SSSR count). The van der Waals surface area contributed by atoms with Gasteiger partial charge in [-0.15, -0.1) is 0 Å². The Labute approximate surface area is 158 Å². The molecule has 0 atom stereocenters. The molecule has 28 heavy (non-hydrogen) atoms. The predicted octanol–water partition coefficient (Wildman–Crippen LogP) is 5.55. The Morgan fingerprint density at radius 2 is 1.57 bits per heavy atom. The van der Waals surface area contributed by atoms with Crippen LogP contribution in [0.5, 0.6) is 0 Å². The number of para-hydroxylation sites is 1. The van der Waals surface area contributed by atoms with E-state index in [9.17, 15) is 18.0 Å². The number of carbonyl (C=O) groups is 1. The number of alkyl halides is 3. The number of benzene rings is 2. The summed E-state index contributed by atoms with van der Waals surface area (Å²) >= 11 is 0. The molecule has 2 aromatic carbocycles. The van der Waals surface area contributed by atoms with E-state index in [4.69, 9.17) is 0 Å². The second kappa shape index (κ2) is 6.88. The van der Waals surface area contributed by atoms with Crippen molar-refractivity contribution in [3.63, 3.8) is 0 Å². The van der Waals surface area contributed by atoms with Crippen molar-refractivity contribution in [3.05, 3.63) is 95.9 Å². The average molecular weight is 378 g/mol. The van der Waals surface area contributed by atoms with Gasteiger partial charge < -0.3 is 0 Å². The Morgan fingerprint density at radius 1 is 0.857 bits per heavy atom. The number of hydrogen-bond donors (Lipinski definition) is 0. The second-order valence-electron chi connectivity index (χ2n) is 6.18. The fraction of sp³-hybridized carbons (Fsp3) is 0.0455. The molecule has 2 aromatic heterocycles. The number of rotatable bonds is 3. The molecule has 0 spiro atoms. The molecule has 0 N–H and O–H groups in total. The van der Waals surface area contributed by atoms with Crippen LogP contribution in [0.25, 0.3) is 22.0 Å². The highest BCUT2D eigenvalue weighted by Gasteiger charge is 2.34. The molecule has 0 aliphatic heterocycles. The zero-order chi connectivity index (χ0) is 19.7. The minimum atomic E-state index is -4.55. The quantitative estimate of drug-likeness (QED) is 0.439. The summed E-state index contributed by atoms with van der Waals surface area (Å²) in [4.78, 5) is 21.1. The minimum absolute atomic E-state index is 0.188. The van der Waals surface area contributed by atoms with Gasteiger partial charge in [-0.2, -0.15) is 13.2 Å². The van der Waals surface area contributed by atoms with E-state index in [-0.39, 0.29) is 22.2 Å². The van der Waals surface area contributed by atoms with Crippen LogP contribution >= 0.6 is 0 Å². The van der Waals surface area contributed by atoms with Crippen molar-refractivity contribution in [2.45, 2.75) is 6.18 Å². The van der Waals surface area contributed by atoms with E-state index in [1.807, 2.05) is 0 Å². The molecule has 0 saturated carbocycles. The lowest BCUT2D eigenvalue weighted by molar-refractivity contribution is -0.136. The van der Waals surface area contributed by atoms with Crippen molar-refractivity contribution in [2.75, 3.05) is 0 Å². The fourth-order valence-corrected chi connectivity index (χ4v) is 3.20. The Kier molecular flexibility index (Phi) is 4.39. The fourth-order valence-electron chi connectivity index (χ4n) is 3.20. The van der Waals surface area contributed by atoms with E-state index in [2.05, 4.69) is 9.97 Å². The van der Waals surface area contributed by atoms with Crippen LogP contribution in [0.4, 0.5) is 13.2 Å². The average Bonchev–Trinajstić information content (AvgIpc) is 2.72. The van der Waals surface area contributed by atoms with Crippen LogP contribution in [0.3, 0.4) is 0 Å². The first-order chi connectivity index (χ1) is 13.5. The number of ketones is 1. The number of carbonyl (C=O) groups excluding carboxylic acids is 1. The zero-order valence-electron chi connectivity index (χ0n) is 14.4. The Morgan fingerprint density at radius 3 is 2.25 bits per heavy atom. The summed E-state index contributed by atoms with van der Waals surface area (Å²) in [7, 11) is 0. The number of fused-ring (bicyclic) bond motifs is 1. The zero-order valence-corrected chi connectivity index (χ0v) is 14.4. The van der Waals surface area contributed by atoms with Gasteiger partial charge in [0.2, 0.25) is 0 Å². The number of aromatic nitrogens is 2. The molecule has 0 bridgehead atoms. The number of nitrogens with zero attached hydrogens (tertiary/aromatic N) is 2. The van der Waals surface area contributed by atoms with Gasteiger partial charge in [-0.1, -0.05) is 42.5 Å². The van der Waals surface area contributed by atoms with Gasteiger partial charge in [0.15, 0.2) is 5.78 Å². The van der Waals surface area contributed by atoms with Crippen LogP contribution < -0.4 is 0 Å². The summed E-state index contributed by atoms with van der Waals surface area (Å²) in [5.41, 5.74) is 0.661. The largest absolute Gasteiger partial charge is 0.418 e. The van der Waals surface area contributed by atoms with E-state index in [0.717, 1.165) is 6.07 Å². The van der Waals surface area contributed by atoms with Gasteiger partial charge in [0.1, 0.15) is 0 Å². The summed E-state index contributed by atoms with van der Waals surface area (Å²) < 4.78 is 40.4. The number of halogens is 3. The lowest BCUT2D eigenvalue weighted by atomic mass is 9.91. The van der Waals surface area contributed by atoms with Crippen LogP contribution in [0.15, 0.2) is 79.3 Å². The van der Waals surface area contributed by atoms with Crippen LogP contribution in [-0.2, 0) is 6.18 Å². The van der Waals surface area contributed by atoms with E-state index in [1.165, 1.54) is 24.7 Å². The second-order valence-corrected chi connectivity index (χ2v) is 6.18. The Balaban J connectivity index is 2.05. The summed E-state index contributed by atoms with van der Waals surface area (Å²) in [6.45, 7) is 0. The molecule has 6 heteroatoms. The van der Waals surface area contributed by atoms with Gasteiger partial charge in [0, 0.05) is 40.7 Å². The smallest absolute Gasteiger partial charge is 0.289 e. The molecule has 0 unspecified atom stereocenters. The van der Waals surface area contributed by atoms with Crippen LogP contribution in [0, 0.1) is 0 Å². The third-order valence-corrected chi connectivity index (χ3v) is 4.45. The highest BCUT2D eigenvalue weighted by molar-refractivity contribution is 6.16. The van der Waals surface area contributed by atoms with Crippen molar-refractivity contribution < 1.29 is 18.0 Å². The number of hydrogen-bond acceptors (Lipinski definition) is 3. The molecule has 0 fully saturated rings. The first-order valence-corrected chi connectivity index (χ1v) is 8.46. The number of pyridine rings is 2. The highest BCUT2D eigenvalue weighted by Crippen LogP contribution is 2.38. The van der Waals surface area contributed by atoms with E-state index in [0.29, 0.717) is 16.7 Å². The first kappa shape index (κ1) is 17.9. The van der Waals surface area contributed by atoms with Crippen molar-refractivity contribution in [1.29, 1.82) is 0 Å². The summed E-state index contributed by atoms with van der Waals surface area (Å²) in [6, 6.07) is 15.8. The summed E-state index contributed by atoms with van der Waals surface area (Å²) in [5.74, 6) is -0.306. The van der Waals surface area contributed by atoms with E-state index >= 15 is 0 Å². The maximum Gasteiger partial charge on any atom is 0.418 e. The molecular weight excluding hydrogens is 365 g/mol. The normalized spacial score (nSPS) is 11.5. The Hall–Kier alpha value is -3.54. The lowest BCUT2D eigenvalue weighted by Gasteiger charge is -2.15. The maximum atomic E-state index is 13.5. The monoisotopic (exact) mass is 378 g/mol. The van der Waals surface area contributed by atoms with Gasteiger partial charge in [-0.3, -0.25) is 14.8 Å². The third-order valence-electron chi connectivity index (χ3n) is 4.45. The maximum absolute atomic E-state index is 13.5. The summed E-state index contributed by atoms with van der Waals surface area (Å²) in [6.07, 6.45) is -0.256. The van der Waals surface area contributed by atoms with Gasteiger partial charge >= 0.3 is 6.18 Å². The van der Waals surface area contributed by atoms with Crippen LogP contribution in [-0.4, -0.2) is 15.8 Å². The first-order valence-electron chi connectivity index (χ1n) is 8.46. The van der Waals surface area contributed by atoms with E-state index in [1.54, 1.807) is 48.5 Å². The third kappa shape index (κ3) is 3.13. The molecule has 0 aliphatic carbocycles. The van der Waals surface area contributed by atoms with E-state index < -0.39 is 11.7 Å². The predicted molar refractivity (Wildman–Crippen MR) is 99.9 cm³/mol. The van der Waals surface area contributed by atoms with Crippen molar-refractivity contribution in [2.24, 2.45) is 0 Å². The molecule has 138 valence electrons. The Bertz CT molecular complexity index is 1160. The highest BCUT2D eigenvalue weighted by atomic mass is 19.4. The van der Waals surface area contributed by atoms with Gasteiger partial charge in [-0.05, 0) is 23.8 Å². The molecular formula is C22H13F3N2O.